The van der Waals surface area contributed by atoms with Crippen LogP contribution in [0.2, 0.25) is 0 Å². The van der Waals surface area contributed by atoms with Gasteiger partial charge in [-0.05, 0) is 210 Å². The molecule has 8 heteroatoms. The highest BCUT2D eigenvalue weighted by molar-refractivity contribution is 6.00. The van der Waals surface area contributed by atoms with E-state index in [1.54, 1.807) is 11.3 Å². The molecule has 3 N–H and O–H groups in total. The number of esters is 2. The fourth-order valence-electron chi connectivity index (χ4n) is 26.2. The highest BCUT2D eigenvalue weighted by Gasteiger charge is 2.94. The van der Waals surface area contributed by atoms with Crippen molar-refractivity contribution in [3.63, 3.8) is 0 Å². The zero-order chi connectivity index (χ0) is 51.0. The minimum Gasteiger partial charge on any atom is -0.508 e. The number of aliphatic hydroxyl groups is 1. The molecule has 18 aliphatic rings. The second-order valence-electron chi connectivity index (χ2n) is 30.6. The van der Waals surface area contributed by atoms with Gasteiger partial charge in [0.15, 0.2) is 11.4 Å². The van der Waals surface area contributed by atoms with Crippen LogP contribution in [0.15, 0.2) is 64.3 Å². The number of nitrogens with two attached hydrogens (primary N) is 1. The van der Waals surface area contributed by atoms with Crippen molar-refractivity contribution in [3.8, 4) is 0 Å². The fraction of sp³-hybridized carbons (Fsp3) is 0.768. The van der Waals surface area contributed by atoms with Crippen LogP contribution in [-0.4, -0.2) is 64.6 Å². The first-order valence-electron chi connectivity index (χ1n) is 33.1. The molecular weight excluding hydrogens is 951 g/mol. The summed E-state index contributed by atoms with van der Waals surface area (Å²) < 4.78 is 15.1. The SMILES string of the molecule is NCCCc1cccc2c1C(=O)OC21C2CC(C3CCCCC3)C=CC3CC4C5C6=C3C23C(=O)OC(=C(O)C2CC7CCC8(CCC9(CCCC9)C8)C2N2CC8CC(CN9C5=C(CCC89)CC4C4CCCCC4)C72)C31CC6. The van der Waals surface area contributed by atoms with E-state index in [1.165, 1.54) is 160 Å². The Morgan fingerprint density at radius 3 is 2.42 bits per heavy atom. The van der Waals surface area contributed by atoms with Gasteiger partial charge in [-0.2, -0.15) is 0 Å². The smallest absolute Gasteiger partial charge is 0.339 e. The van der Waals surface area contributed by atoms with Crippen molar-refractivity contribution >= 4 is 11.9 Å². The van der Waals surface area contributed by atoms with Crippen molar-refractivity contribution in [1.29, 1.82) is 0 Å². The number of aliphatic hydroxyl groups excluding tert-OH is 1. The normalized spacial score (nSPS) is 47.5. The number of carbonyl (C=O) groups is 2. The second-order valence-corrected chi connectivity index (χ2v) is 30.6. The summed E-state index contributed by atoms with van der Waals surface area (Å²) in [6.45, 7) is 2.91. The fourth-order valence-corrected chi connectivity index (χ4v) is 26.2. The van der Waals surface area contributed by atoms with Crippen LogP contribution in [0.3, 0.4) is 0 Å². The molecule has 5 spiro atoms. The number of rotatable bonds is 5. The number of allylic oxidation sites excluding steroid dienone is 4. The Kier molecular flexibility index (Phi) is 10.1. The summed E-state index contributed by atoms with van der Waals surface area (Å²) in [5, 5.41) is 14.5. The van der Waals surface area contributed by atoms with E-state index >= 15 is 9.59 Å². The predicted octanol–water partition coefficient (Wildman–Crippen LogP) is 13.6. The third kappa shape index (κ3) is 5.72. The lowest BCUT2D eigenvalue weighted by Gasteiger charge is -2.73. The van der Waals surface area contributed by atoms with Gasteiger partial charge in [0.05, 0.1) is 11.0 Å². The van der Waals surface area contributed by atoms with E-state index < -0.39 is 16.4 Å². The molecule has 11 fully saturated rings. The molecular formula is C69H89N3O5. The number of benzene rings is 1. The van der Waals surface area contributed by atoms with Gasteiger partial charge in [-0.25, -0.2) is 4.79 Å². The minimum absolute atomic E-state index is 0.103. The van der Waals surface area contributed by atoms with Crippen LogP contribution < -0.4 is 5.73 Å². The van der Waals surface area contributed by atoms with Crippen LogP contribution in [0, 0.1) is 92.7 Å². The lowest BCUT2D eigenvalue weighted by atomic mass is 9.27. The molecule has 5 saturated heterocycles. The molecule has 8 heterocycles. The first-order valence-corrected chi connectivity index (χ1v) is 33.1. The average molecular weight is 1040 g/mol. The Hall–Kier alpha value is -3.36. The summed E-state index contributed by atoms with van der Waals surface area (Å²) in [5.41, 5.74) is 12.9. The topological polar surface area (TPSA) is 105 Å². The highest BCUT2D eigenvalue weighted by Crippen LogP contribution is 2.89. The van der Waals surface area contributed by atoms with Gasteiger partial charge >= 0.3 is 11.9 Å². The van der Waals surface area contributed by atoms with Gasteiger partial charge in [0, 0.05) is 60.2 Å². The molecule has 410 valence electrons. The molecule has 0 aromatic heterocycles. The van der Waals surface area contributed by atoms with Gasteiger partial charge in [-0.3, -0.25) is 9.69 Å². The monoisotopic (exact) mass is 1040 g/mol. The van der Waals surface area contributed by atoms with E-state index in [9.17, 15) is 5.11 Å². The maximum Gasteiger partial charge on any atom is 0.339 e. The standard InChI is InChI=1S/C69H89N3O5/c70-30-10-16-41-15-9-17-52-55(41)63(74)77-69(52)54-35-42(39-11-3-1-4-12-39)18-19-43-32-50-49(40-13-5-2-6-14-40)33-44-20-21-53-46-31-47-37-71(53)59(44)56(50)48-23-27-67(69)62(76-64(75)68(54,67)57(43)48)60(73)51-34-45-22-26-66(61(51)72(36-46)58(45)47)29-28-65(38-66)24-7-8-25-65/h9,15,17-19,39-40,42-43,45-47,49-51,53-54,56,58,61,73H,1-8,10-14,16,20-38,70H2. The van der Waals surface area contributed by atoms with Gasteiger partial charge in [0.25, 0.3) is 0 Å². The van der Waals surface area contributed by atoms with Crippen LogP contribution in [-0.2, 0) is 26.3 Å². The summed E-state index contributed by atoms with van der Waals surface area (Å²) in [6.07, 6.45) is 41.6. The van der Waals surface area contributed by atoms with Crippen molar-refractivity contribution in [2.45, 2.75) is 216 Å². The molecule has 0 amide bonds. The molecule has 9 bridgehead atoms. The number of fused-ring (bicyclic) bond motifs is 7. The Morgan fingerprint density at radius 1 is 0.753 bits per heavy atom. The first kappa shape index (κ1) is 47.3. The molecule has 77 heavy (non-hydrogen) atoms. The first-order chi connectivity index (χ1) is 37.7. The van der Waals surface area contributed by atoms with Crippen molar-refractivity contribution in [3.05, 3.63) is 81.0 Å². The zero-order valence-corrected chi connectivity index (χ0v) is 46.4. The molecule has 8 nitrogen and oxygen atoms in total. The Bertz CT molecular complexity index is 2860. The average Bonchev–Trinajstić information content (AvgIpc) is 1.73. The quantitative estimate of drug-likeness (QED) is 0.222. The van der Waals surface area contributed by atoms with E-state index in [1.807, 2.05) is 5.57 Å². The van der Waals surface area contributed by atoms with Gasteiger partial charge in [-0.15, -0.1) is 0 Å². The molecule has 10 aliphatic carbocycles. The summed E-state index contributed by atoms with van der Waals surface area (Å²) in [4.78, 5) is 38.9. The van der Waals surface area contributed by atoms with Crippen LogP contribution in [0.5, 0.6) is 0 Å². The lowest BCUT2D eigenvalue weighted by Crippen LogP contribution is -2.78. The molecule has 6 saturated carbocycles. The van der Waals surface area contributed by atoms with E-state index in [-0.39, 0.29) is 47.1 Å². The third-order valence-electron chi connectivity index (χ3n) is 28.3. The van der Waals surface area contributed by atoms with Crippen molar-refractivity contribution in [2.75, 3.05) is 19.6 Å². The maximum atomic E-state index is 17.0. The minimum atomic E-state index is -1.14. The molecule has 1 aromatic rings. The predicted molar refractivity (Wildman–Crippen MR) is 296 cm³/mol. The lowest BCUT2D eigenvalue weighted by molar-refractivity contribution is -0.283. The van der Waals surface area contributed by atoms with Crippen molar-refractivity contribution in [2.24, 2.45) is 98.4 Å². The number of aryl methyl sites for hydroxylation is 1. The maximum absolute atomic E-state index is 17.0. The summed E-state index contributed by atoms with van der Waals surface area (Å²) in [7, 11) is 0. The molecule has 17 atom stereocenters. The van der Waals surface area contributed by atoms with E-state index in [0.29, 0.717) is 83.4 Å². The second kappa shape index (κ2) is 16.4. The van der Waals surface area contributed by atoms with Gasteiger partial charge < -0.3 is 25.2 Å². The Labute approximate surface area is 459 Å². The van der Waals surface area contributed by atoms with Gasteiger partial charge in [0.2, 0.25) is 0 Å². The van der Waals surface area contributed by atoms with Crippen LogP contribution >= 0.6 is 0 Å². The summed E-state index contributed by atoms with van der Waals surface area (Å²) in [6, 6.07) is 7.89. The highest BCUT2D eigenvalue weighted by atomic mass is 16.6. The molecule has 8 aliphatic heterocycles. The van der Waals surface area contributed by atoms with Crippen LogP contribution in [0.4, 0.5) is 0 Å². The zero-order valence-electron chi connectivity index (χ0n) is 46.4. The van der Waals surface area contributed by atoms with Gasteiger partial charge in [0.1, 0.15) is 11.2 Å². The number of piperidine rings is 3. The number of hydrogen-bond donors (Lipinski definition) is 2. The molecule has 0 radical (unpaired) electrons. The summed E-state index contributed by atoms with van der Waals surface area (Å²) in [5.74, 6) is 5.25. The van der Waals surface area contributed by atoms with E-state index in [4.69, 9.17) is 15.2 Å². The number of nitrogens with zero attached hydrogens (tertiary/aromatic N) is 2. The van der Waals surface area contributed by atoms with Crippen LogP contribution in [0.25, 0.3) is 0 Å². The number of hydrogen-bond acceptors (Lipinski definition) is 8. The van der Waals surface area contributed by atoms with Crippen molar-refractivity contribution < 1.29 is 24.2 Å². The van der Waals surface area contributed by atoms with E-state index in [0.717, 1.165) is 67.7 Å². The summed E-state index contributed by atoms with van der Waals surface area (Å²) >= 11 is 0. The van der Waals surface area contributed by atoms with E-state index in [2.05, 4.69) is 40.2 Å². The Morgan fingerprint density at radius 2 is 1.58 bits per heavy atom. The van der Waals surface area contributed by atoms with Crippen molar-refractivity contribution in [1.82, 2.24) is 9.80 Å². The molecule has 19 rings (SSSR count). The Balaban J connectivity index is 0.932. The molecule has 17 unspecified atom stereocenters. The number of ether oxygens (including phenoxy) is 2. The van der Waals surface area contributed by atoms with Gasteiger partial charge in [-0.1, -0.05) is 106 Å². The number of carbonyl (C=O) groups excluding carboxylic acids is 2. The van der Waals surface area contributed by atoms with Crippen LogP contribution in [0.1, 0.15) is 208 Å². The molecule has 1 aromatic carbocycles. The largest absolute Gasteiger partial charge is 0.508 e. The third-order valence-corrected chi connectivity index (χ3v) is 28.3.